The molecule has 1 aliphatic rings. The molecule has 0 amide bonds. The van der Waals surface area contributed by atoms with E-state index in [1.165, 1.54) is 8.28 Å². The largest absolute Gasteiger partial charge is 0.268 e. The average Bonchev–Trinajstić information content (AvgIpc) is 3.52. The molecule has 0 radical (unpaired) electrons. The van der Waals surface area contributed by atoms with Crippen LogP contribution in [-0.2, 0) is 20.0 Å². The zero-order valence-corrected chi connectivity index (χ0v) is 22.6. The molecule has 1 unspecified atom stereocenters. The fourth-order valence-corrected chi connectivity index (χ4v) is 8.06. The number of para-hydroxylation sites is 1. The molecular formula is C30H26N2O4S2. The van der Waals surface area contributed by atoms with E-state index in [9.17, 15) is 16.8 Å². The standard InChI is InChI=1S/C30H26N2O4S2/c1-21-10-14-23(15-11-21)37(33,34)31-19-18-27-25(7-5-9-29(27)31)28-20-32(30-8-4-3-6-26(28)30)38(35,36)24-16-12-22(2)13-17-24/h3-19,28H,20H2,1-2H3. The van der Waals surface area contributed by atoms with Crippen molar-refractivity contribution in [2.24, 2.45) is 0 Å². The highest BCUT2D eigenvalue weighted by molar-refractivity contribution is 7.92. The van der Waals surface area contributed by atoms with Gasteiger partial charge in [0.05, 0.1) is 21.0 Å². The number of fused-ring (bicyclic) bond motifs is 2. The van der Waals surface area contributed by atoms with Gasteiger partial charge in [0.15, 0.2) is 0 Å². The molecule has 1 atom stereocenters. The Morgan fingerprint density at radius 1 is 0.632 bits per heavy atom. The van der Waals surface area contributed by atoms with E-state index in [0.717, 1.165) is 27.6 Å². The van der Waals surface area contributed by atoms with Crippen LogP contribution < -0.4 is 4.31 Å². The van der Waals surface area contributed by atoms with Gasteiger partial charge in [-0.15, -0.1) is 0 Å². The van der Waals surface area contributed by atoms with Crippen molar-refractivity contribution in [3.63, 3.8) is 0 Å². The van der Waals surface area contributed by atoms with Gasteiger partial charge in [-0.25, -0.2) is 20.8 Å². The van der Waals surface area contributed by atoms with Gasteiger partial charge in [0.25, 0.3) is 20.0 Å². The molecule has 0 fully saturated rings. The molecule has 38 heavy (non-hydrogen) atoms. The van der Waals surface area contributed by atoms with Crippen molar-refractivity contribution < 1.29 is 16.8 Å². The minimum Gasteiger partial charge on any atom is -0.265 e. The third-order valence-electron chi connectivity index (χ3n) is 7.22. The second-order valence-electron chi connectivity index (χ2n) is 9.67. The molecular weight excluding hydrogens is 516 g/mol. The summed E-state index contributed by atoms with van der Waals surface area (Å²) in [5, 5.41) is 0.776. The molecule has 0 saturated heterocycles. The average molecular weight is 543 g/mol. The lowest BCUT2D eigenvalue weighted by molar-refractivity contribution is 0.588. The predicted octanol–water partition coefficient (Wildman–Crippen LogP) is 5.84. The summed E-state index contributed by atoms with van der Waals surface area (Å²) < 4.78 is 57.2. The topological polar surface area (TPSA) is 76.5 Å². The summed E-state index contributed by atoms with van der Waals surface area (Å²) in [6, 6.07) is 28.5. The highest BCUT2D eigenvalue weighted by Crippen LogP contribution is 2.44. The quantitative estimate of drug-likeness (QED) is 0.280. The van der Waals surface area contributed by atoms with E-state index in [1.807, 2.05) is 50.2 Å². The van der Waals surface area contributed by atoms with Crippen LogP contribution in [0, 0.1) is 13.8 Å². The Kier molecular flexibility index (Phi) is 5.70. The zero-order chi connectivity index (χ0) is 26.7. The number of nitrogens with zero attached hydrogens (tertiary/aromatic N) is 2. The number of anilines is 1. The highest BCUT2D eigenvalue weighted by Gasteiger charge is 2.38. The Bertz CT molecular complexity index is 1890. The second kappa shape index (κ2) is 8.85. The Morgan fingerprint density at radius 3 is 1.87 bits per heavy atom. The van der Waals surface area contributed by atoms with Crippen molar-refractivity contribution in [1.82, 2.24) is 3.97 Å². The van der Waals surface area contributed by atoms with Crippen LogP contribution >= 0.6 is 0 Å². The Labute approximate surface area is 222 Å². The molecule has 4 aromatic carbocycles. The molecule has 1 aliphatic heterocycles. The van der Waals surface area contributed by atoms with E-state index in [2.05, 4.69) is 0 Å². The first-order valence-corrected chi connectivity index (χ1v) is 15.2. The van der Waals surface area contributed by atoms with E-state index in [-0.39, 0.29) is 22.3 Å². The van der Waals surface area contributed by atoms with Gasteiger partial charge >= 0.3 is 0 Å². The summed E-state index contributed by atoms with van der Waals surface area (Å²) in [7, 11) is -7.59. The van der Waals surface area contributed by atoms with Crippen molar-refractivity contribution in [2.75, 3.05) is 10.8 Å². The van der Waals surface area contributed by atoms with Gasteiger partial charge in [0.1, 0.15) is 0 Å². The Balaban J connectivity index is 1.46. The molecule has 0 aliphatic carbocycles. The molecule has 8 heteroatoms. The third kappa shape index (κ3) is 3.83. The number of hydrogen-bond acceptors (Lipinski definition) is 4. The summed E-state index contributed by atoms with van der Waals surface area (Å²) in [5.41, 5.74) is 4.94. The number of benzene rings is 4. The Morgan fingerprint density at radius 2 is 1.21 bits per heavy atom. The van der Waals surface area contributed by atoms with Crippen LogP contribution in [0.4, 0.5) is 5.69 Å². The lowest BCUT2D eigenvalue weighted by atomic mass is 9.91. The molecule has 6 nitrogen and oxygen atoms in total. The van der Waals surface area contributed by atoms with Crippen molar-refractivity contribution in [3.05, 3.63) is 126 Å². The lowest BCUT2D eigenvalue weighted by Crippen LogP contribution is -2.30. The van der Waals surface area contributed by atoms with Crippen LogP contribution in [0.5, 0.6) is 0 Å². The number of aryl methyl sites for hydroxylation is 2. The molecule has 1 aromatic heterocycles. The molecule has 0 saturated carbocycles. The second-order valence-corrected chi connectivity index (χ2v) is 13.3. The maximum atomic E-state index is 13.7. The molecule has 6 rings (SSSR count). The molecule has 0 spiro atoms. The van der Waals surface area contributed by atoms with Gasteiger partial charge < -0.3 is 0 Å². The smallest absolute Gasteiger partial charge is 0.265 e. The van der Waals surface area contributed by atoms with Crippen LogP contribution in [0.1, 0.15) is 28.2 Å². The summed E-state index contributed by atoms with van der Waals surface area (Å²) in [6.07, 6.45) is 1.57. The molecule has 5 aromatic rings. The summed E-state index contributed by atoms with van der Waals surface area (Å²) >= 11 is 0. The molecule has 0 N–H and O–H groups in total. The van der Waals surface area contributed by atoms with Crippen LogP contribution in [0.2, 0.25) is 0 Å². The molecule has 2 heterocycles. The maximum absolute atomic E-state index is 13.7. The minimum absolute atomic E-state index is 0.215. The first kappa shape index (κ1) is 24.5. The molecule has 0 bridgehead atoms. The van der Waals surface area contributed by atoms with Crippen molar-refractivity contribution >= 4 is 36.6 Å². The van der Waals surface area contributed by atoms with Gasteiger partial charge in [0.2, 0.25) is 0 Å². The van der Waals surface area contributed by atoms with Crippen LogP contribution in [-0.4, -0.2) is 27.4 Å². The van der Waals surface area contributed by atoms with E-state index >= 15 is 0 Å². The predicted molar refractivity (Wildman–Crippen MR) is 150 cm³/mol. The van der Waals surface area contributed by atoms with E-state index < -0.39 is 20.0 Å². The van der Waals surface area contributed by atoms with Gasteiger partial charge in [-0.3, -0.25) is 4.31 Å². The van der Waals surface area contributed by atoms with Gasteiger partial charge in [-0.1, -0.05) is 65.7 Å². The van der Waals surface area contributed by atoms with Crippen LogP contribution in [0.25, 0.3) is 10.9 Å². The fraction of sp³-hybridized carbons (Fsp3) is 0.133. The molecule has 192 valence electrons. The van der Waals surface area contributed by atoms with Crippen LogP contribution in [0.3, 0.4) is 0 Å². The lowest BCUT2D eigenvalue weighted by Gasteiger charge is -2.20. The Hall–Kier alpha value is -3.88. The van der Waals surface area contributed by atoms with E-state index in [4.69, 9.17) is 0 Å². The fourth-order valence-electron chi connectivity index (χ4n) is 5.21. The number of hydrogen-bond donors (Lipinski definition) is 0. The van der Waals surface area contributed by atoms with Crippen molar-refractivity contribution in [2.45, 2.75) is 29.6 Å². The minimum atomic E-state index is -3.80. The van der Waals surface area contributed by atoms with E-state index in [0.29, 0.717) is 11.2 Å². The first-order chi connectivity index (χ1) is 18.2. The van der Waals surface area contributed by atoms with Gasteiger partial charge in [0, 0.05) is 24.0 Å². The van der Waals surface area contributed by atoms with E-state index in [1.54, 1.807) is 66.9 Å². The van der Waals surface area contributed by atoms with Gasteiger partial charge in [-0.2, -0.15) is 0 Å². The first-order valence-electron chi connectivity index (χ1n) is 12.3. The summed E-state index contributed by atoms with van der Waals surface area (Å²) in [6.45, 7) is 4.06. The third-order valence-corrected chi connectivity index (χ3v) is 10.7. The van der Waals surface area contributed by atoms with Crippen LogP contribution in [0.15, 0.2) is 113 Å². The summed E-state index contributed by atoms with van der Waals surface area (Å²) in [5.74, 6) is -0.256. The zero-order valence-electron chi connectivity index (χ0n) is 20.9. The van der Waals surface area contributed by atoms with Gasteiger partial charge in [-0.05, 0) is 67.4 Å². The maximum Gasteiger partial charge on any atom is 0.268 e. The number of aromatic nitrogens is 1. The monoisotopic (exact) mass is 542 g/mol. The SMILES string of the molecule is Cc1ccc(S(=O)(=O)N2CC(c3cccc4c3ccn4S(=O)(=O)c3ccc(C)cc3)c3ccccc32)cc1. The van der Waals surface area contributed by atoms with Crippen molar-refractivity contribution in [3.8, 4) is 0 Å². The van der Waals surface area contributed by atoms with Crippen molar-refractivity contribution in [1.29, 1.82) is 0 Å². The number of sulfonamides is 1. The highest BCUT2D eigenvalue weighted by atomic mass is 32.2. The normalized spacial score (nSPS) is 15.6. The number of rotatable bonds is 5. The summed E-state index contributed by atoms with van der Waals surface area (Å²) in [4.78, 5) is 0.458.